The topological polar surface area (TPSA) is 159 Å². The standard InChI is InChI=1S/C13H20N4O7/c1-13(2,3)24-11(22)15-7-4-17(10(7)21)12(23)16(5-8(14)18)6-9(19)20/h7H,4-6H2,1-3H3,(H2,14,18)(H,15,22)(H,19,20)/t7-/m0/s1. The van der Waals surface area contributed by atoms with Gasteiger partial charge in [-0.15, -0.1) is 0 Å². The number of ether oxygens (including phenoxy) is 1. The van der Waals surface area contributed by atoms with Crippen molar-refractivity contribution in [1.29, 1.82) is 0 Å². The van der Waals surface area contributed by atoms with Crippen molar-refractivity contribution in [3.8, 4) is 0 Å². The molecule has 0 aromatic heterocycles. The first-order valence-corrected chi connectivity index (χ1v) is 7.00. The van der Waals surface area contributed by atoms with Crippen LogP contribution in [-0.4, -0.2) is 76.1 Å². The van der Waals surface area contributed by atoms with Crippen molar-refractivity contribution in [2.24, 2.45) is 5.73 Å². The molecule has 1 fully saturated rings. The highest BCUT2D eigenvalue weighted by atomic mass is 16.6. The lowest BCUT2D eigenvalue weighted by molar-refractivity contribution is -0.143. The second-order valence-corrected chi connectivity index (χ2v) is 6.15. The van der Waals surface area contributed by atoms with E-state index in [2.05, 4.69) is 5.32 Å². The second-order valence-electron chi connectivity index (χ2n) is 6.15. The highest BCUT2D eigenvalue weighted by Crippen LogP contribution is 2.15. The summed E-state index contributed by atoms with van der Waals surface area (Å²) in [5.41, 5.74) is 4.21. The molecule has 1 atom stereocenters. The van der Waals surface area contributed by atoms with Crippen LogP contribution in [0.2, 0.25) is 0 Å². The Morgan fingerprint density at radius 1 is 1.33 bits per heavy atom. The molecule has 0 spiro atoms. The zero-order valence-electron chi connectivity index (χ0n) is 13.6. The lowest BCUT2D eigenvalue weighted by Gasteiger charge is -2.39. The van der Waals surface area contributed by atoms with E-state index >= 15 is 0 Å². The largest absolute Gasteiger partial charge is 0.480 e. The molecule has 0 saturated carbocycles. The van der Waals surface area contributed by atoms with Crippen LogP contribution in [0.1, 0.15) is 20.8 Å². The monoisotopic (exact) mass is 344 g/mol. The van der Waals surface area contributed by atoms with Crippen molar-refractivity contribution in [1.82, 2.24) is 15.1 Å². The summed E-state index contributed by atoms with van der Waals surface area (Å²) < 4.78 is 4.99. The number of carbonyl (C=O) groups is 5. The van der Waals surface area contributed by atoms with Crippen molar-refractivity contribution in [3.63, 3.8) is 0 Å². The number of urea groups is 1. The number of imide groups is 1. The van der Waals surface area contributed by atoms with Crippen molar-refractivity contribution in [2.75, 3.05) is 19.6 Å². The maximum atomic E-state index is 12.1. The molecule has 0 aliphatic carbocycles. The number of likely N-dealkylation sites (tertiary alicyclic amines) is 1. The quantitative estimate of drug-likeness (QED) is 0.523. The maximum Gasteiger partial charge on any atom is 0.408 e. The fourth-order valence-corrected chi connectivity index (χ4v) is 1.87. The van der Waals surface area contributed by atoms with Gasteiger partial charge in [0.25, 0.3) is 5.91 Å². The first-order chi connectivity index (χ1) is 10.9. The summed E-state index contributed by atoms with van der Waals surface area (Å²) in [4.78, 5) is 58.6. The number of carboxylic acids is 1. The number of carboxylic acid groups (broad SMARTS) is 1. The highest BCUT2D eigenvalue weighted by molar-refractivity contribution is 6.04. The highest BCUT2D eigenvalue weighted by Gasteiger charge is 2.44. The Morgan fingerprint density at radius 2 is 1.92 bits per heavy atom. The van der Waals surface area contributed by atoms with Crippen LogP contribution < -0.4 is 11.1 Å². The lowest BCUT2D eigenvalue weighted by atomic mass is 10.1. The summed E-state index contributed by atoms with van der Waals surface area (Å²) in [5, 5.41) is 11.0. The Morgan fingerprint density at radius 3 is 2.33 bits per heavy atom. The number of aliphatic carboxylic acids is 1. The predicted octanol–water partition coefficient (Wildman–Crippen LogP) is -1.29. The molecule has 4 N–H and O–H groups in total. The Balaban J connectivity index is 2.62. The van der Waals surface area contributed by atoms with E-state index in [-0.39, 0.29) is 6.54 Å². The van der Waals surface area contributed by atoms with E-state index in [9.17, 15) is 24.0 Å². The molecule has 1 saturated heterocycles. The number of primary amides is 1. The Kier molecular flexibility index (Phi) is 5.72. The number of alkyl carbamates (subject to hydrolysis) is 1. The molecule has 0 unspecified atom stereocenters. The van der Waals surface area contributed by atoms with Gasteiger partial charge in [-0.2, -0.15) is 0 Å². The summed E-state index contributed by atoms with van der Waals surface area (Å²) in [7, 11) is 0. The van der Waals surface area contributed by atoms with Crippen LogP contribution in [0.3, 0.4) is 0 Å². The number of β-lactam (4-membered cyclic amide) rings is 1. The van der Waals surface area contributed by atoms with Crippen LogP contribution in [0.5, 0.6) is 0 Å². The molecular weight excluding hydrogens is 324 g/mol. The number of nitrogens with zero attached hydrogens (tertiary/aromatic N) is 2. The average Bonchev–Trinajstić information content (AvgIpc) is 2.38. The van der Waals surface area contributed by atoms with Crippen molar-refractivity contribution >= 4 is 29.9 Å². The van der Waals surface area contributed by atoms with Gasteiger partial charge >= 0.3 is 18.1 Å². The second kappa shape index (κ2) is 7.15. The number of hydrogen-bond acceptors (Lipinski definition) is 6. The Hall–Kier alpha value is -2.85. The van der Waals surface area contributed by atoms with E-state index < -0.39 is 54.6 Å². The Bertz CT molecular complexity index is 553. The smallest absolute Gasteiger partial charge is 0.408 e. The van der Waals surface area contributed by atoms with Crippen LogP contribution in [0.4, 0.5) is 9.59 Å². The zero-order chi connectivity index (χ0) is 18.7. The molecule has 134 valence electrons. The van der Waals surface area contributed by atoms with Gasteiger partial charge in [-0.25, -0.2) is 9.59 Å². The maximum absolute atomic E-state index is 12.1. The summed E-state index contributed by atoms with van der Waals surface area (Å²) in [6.07, 6.45) is -0.813. The SMILES string of the molecule is CC(C)(C)OC(=O)N[C@H]1CN(C(=O)N(CC(N)=O)CC(=O)O)C1=O. The van der Waals surface area contributed by atoms with Gasteiger partial charge < -0.3 is 25.8 Å². The van der Waals surface area contributed by atoms with Crippen molar-refractivity contribution in [3.05, 3.63) is 0 Å². The minimum Gasteiger partial charge on any atom is -0.480 e. The van der Waals surface area contributed by atoms with Crippen LogP contribution in [0, 0.1) is 0 Å². The van der Waals surface area contributed by atoms with Gasteiger partial charge in [-0.1, -0.05) is 0 Å². The molecular formula is C13H20N4O7. The Labute approximate surface area is 137 Å². The molecule has 24 heavy (non-hydrogen) atoms. The van der Waals surface area contributed by atoms with Crippen molar-refractivity contribution in [2.45, 2.75) is 32.4 Å². The number of nitrogens with two attached hydrogens (primary N) is 1. The minimum absolute atomic E-state index is 0.161. The molecule has 11 nitrogen and oxygen atoms in total. The van der Waals surface area contributed by atoms with E-state index in [4.69, 9.17) is 15.6 Å². The van der Waals surface area contributed by atoms with Gasteiger partial charge in [0.2, 0.25) is 5.91 Å². The lowest BCUT2D eigenvalue weighted by Crippen LogP contribution is -2.68. The van der Waals surface area contributed by atoms with E-state index in [1.54, 1.807) is 20.8 Å². The van der Waals surface area contributed by atoms with Crippen LogP contribution in [-0.2, 0) is 19.1 Å². The number of nitrogens with one attached hydrogen (secondary N) is 1. The van der Waals surface area contributed by atoms with Crippen LogP contribution in [0.15, 0.2) is 0 Å². The predicted molar refractivity (Wildman–Crippen MR) is 78.7 cm³/mol. The molecule has 11 heteroatoms. The third-order valence-corrected chi connectivity index (χ3v) is 2.79. The molecule has 0 aromatic rings. The number of carbonyl (C=O) groups excluding carboxylic acids is 4. The fraction of sp³-hybridized carbons (Fsp3) is 0.615. The third kappa shape index (κ3) is 5.41. The zero-order valence-corrected chi connectivity index (χ0v) is 13.6. The molecule has 0 radical (unpaired) electrons. The van der Waals surface area contributed by atoms with Gasteiger partial charge in [-0.3, -0.25) is 19.3 Å². The first-order valence-electron chi connectivity index (χ1n) is 7.00. The normalized spacial score (nSPS) is 16.9. The summed E-state index contributed by atoms with van der Waals surface area (Å²) >= 11 is 0. The van der Waals surface area contributed by atoms with Gasteiger partial charge in [0.15, 0.2) is 0 Å². The number of rotatable bonds is 5. The minimum atomic E-state index is -1.36. The number of amides is 5. The van der Waals surface area contributed by atoms with E-state index in [1.165, 1.54) is 0 Å². The van der Waals surface area contributed by atoms with Gasteiger partial charge in [0, 0.05) is 0 Å². The summed E-state index contributed by atoms with van der Waals surface area (Å²) in [6.45, 7) is 3.37. The molecule has 1 aliphatic rings. The molecule has 1 rings (SSSR count). The van der Waals surface area contributed by atoms with Crippen LogP contribution in [0.25, 0.3) is 0 Å². The van der Waals surface area contributed by atoms with Gasteiger partial charge in [0.1, 0.15) is 24.7 Å². The molecule has 1 aliphatic heterocycles. The van der Waals surface area contributed by atoms with E-state index in [0.717, 1.165) is 0 Å². The summed E-state index contributed by atoms with van der Waals surface area (Å²) in [5.74, 6) is -3.01. The molecule has 1 heterocycles. The average molecular weight is 344 g/mol. The van der Waals surface area contributed by atoms with Crippen LogP contribution >= 0.6 is 0 Å². The molecule has 0 aromatic carbocycles. The van der Waals surface area contributed by atoms with E-state index in [0.29, 0.717) is 9.80 Å². The molecule has 5 amide bonds. The summed E-state index contributed by atoms with van der Waals surface area (Å²) in [6, 6.07) is -1.92. The van der Waals surface area contributed by atoms with Gasteiger partial charge in [0.05, 0.1) is 6.54 Å². The first kappa shape index (κ1) is 19.2. The number of hydrogen-bond donors (Lipinski definition) is 3. The molecule has 0 bridgehead atoms. The fourth-order valence-electron chi connectivity index (χ4n) is 1.87. The third-order valence-electron chi connectivity index (χ3n) is 2.79. The van der Waals surface area contributed by atoms with Gasteiger partial charge in [-0.05, 0) is 20.8 Å². The van der Waals surface area contributed by atoms with E-state index in [1.807, 2.05) is 0 Å². The van der Waals surface area contributed by atoms with Crippen molar-refractivity contribution < 1.29 is 33.8 Å².